The quantitative estimate of drug-likeness (QED) is 0.852. The van der Waals surface area contributed by atoms with E-state index in [0.29, 0.717) is 0 Å². The van der Waals surface area contributed by atoms with E-state index in [9.17, 15) is 35.9 Å². The van der Waals surface area contributed by atoms with Crippen LogP contribution in [0, 0.1) is 0 Å². The second-order valence-electron chi connectivity index (χ2n) is 4.50. The Hall–Kier alpha value is -2.59. The summed E-state index contributed by atoms with van der Waals surface area (Å²) in [6.45, 7) is 0. The highest BCUT2D eigenvalue weighted by atomic mass is 19.4. The number of pyridine rings is 2. The number of fused-ring (bicyclic) bond motifs is 1. The summed E-state index contributed by atoms with van der Waals surface area (Å²) in [5, 5.41) is -0.581. The Morgan fingerprint density at radius 1 is 1.17 bits per heavy atom. The van der Waals surface area contributed by atoms with Gasteiger partial charge in [-0.25, -0.2) is 4.98 Å². The number of amides is 1. The molecular weight excluding hydrogens is 332 g/mol. The molecule has 0 spiro atoms. The Labute approximate surface area is 123 Å². The maximum absolute atomic E-state index is 12.9. The van der Waals surface area contributed by atoms with Crippen molar-refractivity contribution in [1.82, 2.24) is 9.55 Å². The van der Waals surface area contributed by atoms with Crippen molar-refractivity contribution in [3.8, 4) is 0 Å². The van der Waals surface area contributed by atoms with Crippen molar-refractivity contribution in [2.24, 2.45) is 5.73 Å². The van der Waals surface area contributed by atoms with Crippen molar-refractivity contribution >= 4 is 16.9 Å². The summed E-state index contributed by atoms with van der Waals surface area (Å²) in [7, 11) is 0. The fourth-order valence-electron chi connectivity index (χ4n) is 2.06. The predicted molar refractivity (Wildman–Crippen MR) is 65.7 cm³/mol. The van der Waals surface area contributed by atoms with E-state index in [-0.39, 0.29) is 10.8 Å². The SMILES string of the molecule is NC(=O)c1cn(C(C(F)(F)F)C(F)(F)F)c2ncccc2c1=O. The van der Waals surface area contributed by atoms with Crippen LogP contribution < -0.4 is 11.2 Å². The van der Waals surface area contributed by atoms with E-state index in [2.05, 4.69) is 4.98 Å². The highest BCUT2D eigenvalue weighted by Gasteiger charge is 2.58. The van der Waals surface area contributed by atoms with Crippen molar-refractivity contribution in [2.75, 3.05) is 0 Å². The third-order valence-electron chi connectivity index (χ3n) is 2.95. The fraction of sp³-hybridized carbons (Fsp3) is 0.250. The Balaban J connectivity index is 2.95. The Kier molecular flexibility index (Phi) is 3.83. The number of nitrogens with two attached hydrogens (primary N) is 1. The Morgan fingerprint density at radius 2 is 1.74 bits per heavy atom. The van der Waals surface area contributed by atoms with Gasteiger partial charge in [-0.2, -0.15) is 26.3 Å². The maximum Gasteiger partial charge on any atom is 0.418 e. The standard InChI is InChI=1S/C12H7F6N3O2/c13-11(14,15)10(12(16,17)18)21-4-6(8(19)23)7(22)5-2-1-3-20-9(5)21/h1-4,10H,(H2,19,23). The van der Waals surface area contributed by atoms with Crippen molar-refractivity contribution < 1.29 is 31.1 Å². The third kappa shape index (κ3) is 2.98. The Bertz CT molecular complexity index is 810. The molecule has 0 unspecified atom stereocenters. The average Bonchev–Trinajstić information content (AvgIpc) is 2.38. The number of hydrogen-bond donors (Lipinski definition) is 1. The molecule has 5 nitrogen and oxygen atoms in total. The number of nitrogens with zero attached hydrogens (tertiary/aromatic N) is 2. The number of alkyl halides is 6. The first kappa shape index (κ1) is 16.8. The zero-order valence-corrected chi connectivity index (χ0v) is 10.9. The van der Waals surface area contributed by atoms with Crippen LogP contribution >= 0.6 is 0 Å². The van der Waals surface area contributed by atoms with E-state index in [1.165, 1.54) is 0 Å². The molecule has 0 radical (unpaired) electrons. The molecule has 0 saturated carbocycles. The number of primary amides is 1. The number of hydrogen-bond acceptors (Lipinski definition) is 3. The molecule has 124 valence electrons. The highest BCUT2D eigenvalue weighted by molar-refractivity contribution is 5.95. The molecule has 2 rings (SSSR count). The summed E-state index contributed by atoms with van der Waals surface area (Å²) in [4.78, 5) is 26.5. The van der Waals surface area contributed by atoms with E-state index in [4.69, 9.17) is 5.73 Å². The zero-order valence-electron chi connectivity index (χ0n) is 10.9. The van der Waals surface area contributed by atoms with Gasteiger partial charge in [0.2, 0.25) is 11.5 Å². The van der Waals surface area contributed by atoms with E-state index in [1.54, 1.807) is 0 Å². The van der Waals surface area contributed by atoms with Gasteiger partial charge >= 0.3 is 12.4 Å². The number of rotatable bonds is 2. The van der Waals surface area contributed by atoms with Crippen LogP contribution in [0.1, 0.15) is 16.4 Å². The van der Waals surface area contributed by atoms with Crippen LogP contribution in [-0.4, -0.2) is 27.8 Å². The van der Waals surface area contributed by atoms with E-state index in [0.717, 1.165) is 18.3 Å². The lowest BCUT2D eigenvalue weighted by molar-refractivity contribution is -0.273. The van der Waals surface area contributed by atoms with Gasteiger partial charge in [0.25, 0.3) is 5.91 Å². The highest BCUT2D eigenvalue weighted by Crippen LogP contribution is 2.43. The predicted octanol–water partition coefficient (Wildman–Crippen LogP) is 2.16. The van der Waals surface area contributed by atoms with Gasteiger partial charge in [0.1, 0.15) is 11.2 Å². The molecule has 0 saturated heterocycles. The van der Waals surface area contributed by atoms with E-state index < -0.39 is 46.3 Å². The van der Waals surface area contributed by atoms with Gasteiger partial charge in [0.05, 0.1) is 5.39 Å². The van der Waals surface area contributed by atoms with Crippen molar-refractivity contribution in [3.05, 3.63) is 40.3 Å². The Morgan fingerprint density at radius 3 is 2.22 bits per heavy atom. The second-order valence-corrected chi connectivity index (χ2v) is 4.50. The van der Waals surface area contributed by atoms with Gasteiger partial charge in [-0.15, -0.1) is 0 Å². The van der Waals surface area contributed by atoms with Gasteiger partial charge in [-0.05, 0) is 12.1 Å². The van der Waals surface area contributed by atoms with Crippen molar-refractivity contribution in [3.63, 3.8) is 0 Å². The first-order chi connectivity index (χ1) is 10.4. The molecule has 23 heavy (non-hydrogen) atoms. The lowest BCUT2D eigenvalue weighted by atomic mass is 10.1. The van der Waals surface area contributed by atoms with Gasteiger partial charge in [-0.3, -0.25) is 9.59 Å². The van der Waals surface area contributed by atoms with Gasteiger partial charge < -0.3 is 10.3 Å². The molecule has 0 aromatic carbocycles. The molecule has 0 atom stereocenters. The summed E-state index contributed by atoms with van der Waals surface area (Å²) >= 11 is 0. The van der Waals surface area contributed by atoms with Crippen LogP contribution in [0.4, 0.5) is 26.3 Å². The summed E-state index contributed by atoms with van der Waals surface area (Å²) in [6.07, 6.45) is -10.4. The van der Waals surface area contributed by atoms with Crippen molar-refractivity contribution in [2.45, 2.75) is 18.4 Å². The largest absolute Gasteiger partial charge is 0.418 e. The maximum atomic E-state index is 12.9. The topological polar surface area (TPSA) is 78.0 Å². The van der Waals surface area contributed by atoms with Crippen LogP contribution in [0.15, 0.2) is 29.3 Å². The molecule has 2 aromatic rings. The minimum absolute atomic E-state index is 0.131. The molecule has 0 fully saturated rings. The lowest BCUT2D eigenvalue weighted by Crippen LogP contribution is -2.40. The normalized spacial score (nSPS) is 12.8. The number of aromatic nitrogens is 2. The molecular formula is C12H7F6N3O2. The van der Waals surface area contributed by atoms with Crippen molar-refractivity contribution in [1.29, 1.82) is 0 Å². The smallest absolute Gasteiger partial charge is 0.365 e. The molecule has 0 aliphatic heterocycles. The number of halogens is 6. The van der Waals surface area contributed by atoms with Crippen LogP contribution in [0.25, 0.3) is 11.0 Å². The fourth-order valence-corrected chi connectivity index (χ4v) is 2.06. The summed E-state index contributed by atoms with van der Waals surface area (Å²) in [6, 6.07) is -1.89. The zero-order chi connectivity index (χ0) is 17.6. The molecule has 0 bridgehead atoms. The minimum atomic E-state index is -5.73. The molecule has 2 heterocycles. The molecule has 2 N–H and O–H groups in total. The summed E-state index contributed by atoms with van der Waals surface area (Å²) < 4.78 is 77.1. The first-order valence-electron chi connectivity index (χ1n) is 5.87. The van der Waals surface area contributed by atoms with E-state index in [1.807, 2.05) is 0 Å². The van der Waals surface area contributed by atoms with Crippen LogP contribution in [-0.2, 0) is 0 Å². The van der Waals surface area contributed by atoms with Gasteiger partial charge in [0, 0.05) is 12.4 Å². The second kappa shape index (κ2) is 5.25. The minimum Gasteiger partial charge on any atom is -0.365 e. The molecule has 0 aliphatic carbocycles. The van der Waals surface area contributed by atoms with Crippen LogP contribution in [0.3, 0.4) is 0 Å². The first-order valence-corrected chi connectivity index (χ1v) is 5.87. The monoisotopic (exact) mass is 339 g/mol. The average molecular weight is 339 g/mol. The molecule has 11 heteroatoms. The van der Waals surface area contributed by atoms with E-state index >= 15 is 0 Å². The lowest BCUT2D eigenvalue weighted by Gasteiger charge is -2.26. The molecule has 1 amide bonds. The summed E-state index contributed by atoms with van der Waals surface area (Å²) in [5.74, 6) is -1.45. The van der Waals surface area contributed by atoms with Gasteiger partial charge in [-0.1, -0.05) is 0 Å². The van der Waals surface area contributed by atoms with Crippen LogP contribution in [0.5, 0.6) is 0 Å². The van der Waals surface area contributed by atoms with Gasteiger partial charge in [0.15, 0.2) is 0 Å². The third-order valence-corrected chi connectivity index (χ3v) is 2.95. The summed E-state index contributed by atoms with van der Waals surface area (Å²) in [5.41, 5.74) is 1.90. The number of carbonyl (C=O) groups excluding carboxylic acids is 1. The van der Waals surface area contributed by atoms with Crippen LogP contribution in [0.2, 0.25) is 0 Å². The number of carbonyl (C=O) groups is 1. The molecule has 0 aliphatic rings. The molecule has 2 aromatic heterocycles.